The smallest absolute Gasteiger partial charge is 0.0400 e. The Labute approximate surface area is 122 Å². The molecule has 92 valence electrons. The zero-order valence-corrected chi connectivity index (χ0v) is 12.4. The zero-order chi connectivity index (χ0) is 12.4. The minimum Gasteiger partial charge on any atom is -0.381 e. The van der Waals surface area contributed by atoms with Crippen LogP contribution in [0.5, 0.6) is 0 Å². The number of anilines is 1. The van der Waals surface area contributed by atoms with Gasteiger partial charge < -0.3 is 5.32 Å². The second-order valence-electron chi connectivity index (χ2n) is 4.88. The molecule has 1 nitrogen and oxygen atoms in total. The molecule has 0 aliphatic heterocycles. The maximum Gasteiger partial charge on any atom is 0.0400 e. The Morgan fingerprint density at radius 1 is 1.06 bits per heavy atom. The van der Waals surface area contributed by atoms with Crippen molar-refractivity contribution < 1.29 is 0 Å². The van der Waals surface area contributed by atoms with Crippen LogP contribution in [0.1, 0.15) is 29.9 Å². The van der Waals surface area contributed by atoms with Crippen molar-refractivity contribution in [3.63, 3.8) is 0 Å². The highest BCUT2D eigenvalue weighted by atomic mass is 127. The average Bonchev–Trinajstić information content (AvgIpc) is 3.21. The van der Waals surface area contributed by atoms with E-state index in [1.54, 1.807) is 0 Å². The SMILES string of the molecule is Ic1cccc(NCc2ccc(C3CC3)cc2)c1. The normalized spacial score (nSPS) is 14.5. The van der Waals surface area contributed by atoms with E-state index in [0.29, 0.717) is 0 Å². The molecule has 2 aromatic rings. The third-order valence-electron chi connectivity index (χ3n) is 3.35. The predicted octanol–water partition coefficient (Wildman–Crippen LogP) is 4.78. The number of hydrogen-bond donors (Lipinski definition) is 1. The summed E-state index contributed by atoms with van der Waals surface area (Å²) in [6.45, 7) is 0.894. The molecule has 1 N–H and O–H groups in total. The first-order valence-corrected chi connectivity index (χ1v) is 7.47. The molecule has 3 rings (SSSR count). The lowest BCUT2D eigenvalue weighted by Crippen LogP contribution is -1.99. The van der Waals surface area contributed by atoms with Gasteiger partial charge in [-0.1, -0.05) is 30.3 Å². The van der Waals surface area contributed by atoms with Gasteiger partial charge in [0.05, 0.1) is 0 Å². The van der Waals surface area contributed by atoms with E-state index >= 15 is 0 Å². The molecule has 0 heterocycles. The Hall–Kier alpha value is -1.03. The van der Waals surface area contributed by atoms with E-state index in [0.717, 1.165) is 12.5 Å². The topological polar surface area (TPSA) is 12.0 Å². The monoisotopic (exact) mass is 349 g/mol. The summed E-state index contributed by atoms with van der Waals surface area (Å²) in [5, 5.41) is 3.46. The molecule has 1 aliphatic rings. The van der Waals surface area contributed by atoms with E-state index in [4.69, 9.17) is 0 Å². The first-order valence-electron chi connectivity index (χ1n) is 6.39. The summed E-state index contributed by atoms with van der Waals surface area (Å²) >= 11 is 2.34. The third kappa shape index (κ3) is 3.05. The van der Waals surface area contributed by atoms with Crippen molar-refractivity contribution in [1.82, 2.24) is 0 Å². The molecular formula is C16H16IN. The van der Waals surface area contributed by atoms with Crippen LogP contribution in [0, 0.1) is 3.57 Å². The fourth-order valence-electron chi connectivity index (χ4n) is 2.13. The molecule has 0 bridgehead atoms. The average molecular weight is 349 g/mol. The fourth-order valence-corrected chi connectivity index (χ4v) is 2.67. The van der Waals surface area contributed by atoms with E-state index < -0.39 is 0 Å². The third-order valence-corrected chi connectivity index (χ3v) is 4.02. The van der Waals surface area contributed by atoms with Crippen LogP contribution in [0.3, 0.4) is 0 Å². The number of rotatable bonds is 4. The standard InChI is InChI=1S/C16H16IN/c17-15-2-1-3-16(10-15)18-11-12-4-6-13(7-5-12)14-8-9-14/h1-7,10,14,18H,8-9,11H2. The Morgan fingerprint density at radius 2 is 1.83 bits per heavy atom. The summed E-state index contributed by atoms with van der Waals surface area (Å²) in [6, 6.07) is 17.5. The Balaban J connectivity index is 1.62. The summed E-state index contributed by atoms with van der Waals surface area (Å²) in [4.78, 5) is 0. The lowest BCUT2D eigenvalue weighted by molar-refractivity contribution is 1.10. The van der Waals surface area contributed by atoms with Crippen LogP contribution < -0.4 is 5.32 Å². The van der Waals surface area contributed by atoms with Gasteiger partial charge in [-0.25, -0.2) is 0 Å². The van der Waals surface area contributed by atoms with Crippen molar-refractivity contribution in [2.75, 3.05) is 5.32 Å². The van der Waals surface area contributed by atoms with Crippen LogP contribution >= 0.6 is 22.6 Å². The summed E-state index contributed by atoms with van der Waals surface area (Å²) in [5.74, 6) is 0.850. The molecule has 1 fully saturated rings. The van der Waals surface area contributed by atoms with Crippen LogP contribution in [0.2, 0.25) is 0 Å². The van der Waals surface area contributed by atoms with Gasteiger partial charge in [0, 0.05) is 15.8 Å². The molecule has 0 atom stereocenters. The van der Waals surface area contributed by atoms with Gasteiger partial charge in [-0.3, -0.25) is 0 Å². The molecular weight excluding hydrogens is 333 g/mol. The molecule has 0 spiro atoms. The molecule has 0 aromatic heterocycles. The highest BCUT2D eigenvalue weighted by Gasteiger charge is 2.22. The lowest BCUT2D eigenvalue weighted by atomic mass is 10.1. The molecule has 0 saturated heterocycles. The molecule has 2 aromatic carbocycles. The first kappa shape index (κ1) is 12.0. The van der Waals surface area contributed by atoms with Crippen LogP contribution in [0.15, 0.2) is 48.5 Å². The van der Waals surface area contributed by atoms with Gasteiger partial charge in [0.25, 0.3) is 0 Å². The fraction of sp³-hybridized carbons (Fsp3) is 0.250. The van der Waals surface area contributed by atoms with E-state index in [2.05, 4.69) is 76.4 Å². The van der Waals surface area contributed by atoms with Crippen molar-refractivity contribution in [3.8, 4) is 0 Å². The molecule has 0 unspecified atom stereocenters. The van der Waals surface area contributed by atoms with Crippen molar-refractivity contribution in [2.24, 2.45) is 0 Å². The maximum atomic E-state index is 3.46. The summed E-state index contributed by atoms with van der Waals surface area (Å²) in [6.07, 6.45) is 2.75. The first-order chi connectivity index (χ1) is 8.81. The van der Waals surface area contributed by atoms with Crippen molar-refractivity contribution in [2.45, 2.75) is 25.3 Å². The Kier molecular flexibility index (Phi) is 3.55. The summed E-state index contributed by atoms with van der Waals surface area (Å²) < 4.78 is 1.27. The van der Waals surface area contributed by atoms with E-state index in [-0.39, 0.29) is 0 Å². The van der Waals surface area contributed by atoms with E-state index in [1.807, 2.05) is 0 Å². The van der Waals surface area contributed by atoms with Gasteiger partial charge in [-0.2, -0.15) is 0 Å². The molecule has 18 heavy (non-hydrogen) atoms. The number of benzene rings is 2. The molecule has 0 radical (unpaired) electrons. The van der Waals surface area contributed by atoms with E-state index in [9.17, 15) is 0 Å². The number of nitrogens with one attached hydrogen (secondary N) is 1. The molecule has 2 heteroatoms. The number of halogens is 1. The van der Waals surface area contributed by atoms with Crippen LogP contribution in [0.4, 0.5) is 5.69 Å². The Morgan fingerprint density at radius 3 is 2.50 bits per heavy atom. The van der Waals surface area contributed by atoms with Crippen molar-refractivity contribution in [1.29, 1.82) is 0 Å². The minimum atomic E-state index is 0.850. The zero-order valence-electron chi connectivity index (χ0n) is 10.2. The summed E-state index contributed by atoms with van der Waals surface area (Å²) in [5.41, 5.74) is 4.04. The second kappa shape index (κ2) is 5.31. The van der Waals surface area contributed by atoms with Crippen LogP contribution in [-0.4, -0.2) is 0 Å². The summed E-state index contributed by atoms with van der Waals surface area (Å²) in [7, 11) is 0. The van der Waals surface area contributed by atoms with Crippen molar-refractivity contribution in [3.05, 3.63) is 63.2 Å². The van der Waals surface area contributed by atoms with Gasteiger partial charge in [-0.05, 0) is 70.7 Å². The molecule has 0 amide bonds. The van der Waals surface area contributed by atoms with Gasteiger partial charge in [0.1, 0.15) is 0 Å². The molecule has 1 aliphatic carbocycles. The van der Waals surface area contributed by atoms with Crippen LogP contribution in [0.25, 0.3) is 0 Å². The van der Waals surface area contributed by atoms with Crippen LogP contribution in [-0.2, 0) is 6.54 Å². The van der Waals surface area contributed by atoms with E-state index in [1.165, 1.54) is 33.2 Å². The number of hydrogen-bond acceptors (Lipinski definition) is 1. The van der Waals surface area contributed by atoms with Gasteiger partial charge >= 0.3 is 0 Å². The lowest BCUT2D eigenvalue weighted by Gasteiger charge is -2.07. The molecule has 1 saturated carbocycles. The Bertz CT molecular complexity index is 529. The highest BCUT2D eigenvalue weighted by Crippen LogP contribution is 2.39. The largest absolute Gasteiger partial charge is 0.381 e. The second-order valence-corrected chi connectivity index (χ2v) is 6.13. The quantitative estimate of drug-likeness (QED) is 0.784. The predicted molar refractivity (Wildman–Crippen MR) is 84.9 cm³/mol. The van der Waals surface area contributed by atoms with Crippen molar-refractivity contribution >= 4 is 28.3 Å². The van der Waals surface area contributed by atoms with Gasteiger partial charge in [0.15, 0.2) is 0 Å². The minimum absolute atomic E-state index is 0.850. The van der Waals surface area contributed by atoms with Gasteiger partial charge in [0.2, 0.25) is 0 Å². The maximum absolute atomic E-state index is 3.46. The van der Waals surface area contributed by atoms with Gasteiger partial charge in [-0.15, -0.1) is 0 Å². The highest BCUT2D eigenvalue weighted by molar-refractivity contribution is 14.1.